The molecule has 2 N–H and O–H groups in total. The molecule has 1 aliphatic heterocycles. The number of allylic oxidation sites excluding steroid dienone is 2. The zero-order chi connectivity index (χ0) is 12.8. The van der Waals surface area contributed by atoms with Gasteiger partial charge in [0, 0.05) is 16.8 Å². The van der Waals surface area contributed by atoms with Crippen LogP contribution < -0.4 is 15.8 Å². The van der Waals surface area contributed by atoms with Gasteiger partial charge in [-0.05, 0) is 22.2 Å². The van der Waals surface area contributed by atoms with Crippen LogP contribution in [0.1, 0.15) is 0 Å². The molecule has 2 heteroatoms. The maximum Gasteiger partial charge on any atom is 0.124 e. The summed E-state index contributed by atoms with van der Waals surface area (Å²) in [5, 5.41) is 17.8. The van der Waals surface area contributed by atoms with Crippen LogP contribution in [-0.4, -0.2) is 11.1 Å². The number of fused-ring (bicyclic) bond motifs is 4. The largest absolute Gasteiger partial charge is 0.507 e. The van der Waals surface area contributed by atoms with E-state index in [1.807, 2.05) is 30.5 Å². The van der Waals surface area contributed by atoms with Gasteiger partial charge in [0.05, 0.1) is 6.04 Å². The number of hydrogen-bond acceptors (Lipinski definition) is 2. The zero-order valence-electron chi connectivity index (χ0n) is 10.3. The van der Waals surface area contributed by atoms with Crippen molar-refractivity contribution in [1.29, 1.82) is 0 Å². The van der Waals surface area contributed by atoms with E-state index in [2.05, 4.69) is 35.7 Å². The van der Waals surface area contributed by atoms with Crippen molar-refractivity contribution < 1.29 is 5.11 Å². The van der Waals surface area contributed by atoms with E-state index >= 15 is 0 Å². The molecule has 0 fully saturated rings. The van der Waals surface area contributed by atoms with Crippen LogP contribution in [0.15, 0.2) is 54.6 Å². The Morgan fingerprint density at radius 2 is 1.89 bits per heavy atom. The molecular formula is C17H13NO. The van der Waals surface area contributed by atoms with Gasteiger partial charge in [-0.1, -0.05) is 48.6 Å². The molecule has 1 atom stereocenters. The Hall–Kier alpha value is -2.48. The van der Waals surface area contributed by atoms with Crippen LogP contribution in [0.25, 0.3) is 22.5 Å². The lowest BCUT2D eigenvalue weighted by Gasteiger charge is -2.22. The third kappa shape index (κ3) is 1.43. The molecule has 0 amide bonds. The number of aromatic hydroxyl groups is 1. The molecule has 1 aliphatic carbocycles. The van der Waals surface area contributed by atoms with Gasteiger partial charge in [-0.15, -0.1) is 0 Å². The molecule has 0 aromatic heterocycles. The molecule has 0 radical (unpaired) electrons. The fourth-order valence-electron chi connectivity index (χ4n) is 2.92. The van der Waals surface area contributed by atoms with Gasteiger partial charge in [-0.25, -0.2) is 0 Å². The minimum absolute atomic E-state index is 0.227. The highest BCUT2D eigenvalue weighted by molar-refractivity contribution is 5.92. The number of phenols is 1. The molecule has 1 heterocycles. The average Bonchev–Trinajstić information content (AvgIpc) is 2.47. The molecule has 0 spiro atoms. The van der Waals surface area contributed by atoms with E-state index in [0.29, 0.717) is 5.75 Å². The fraction of sp³-hybridized carbons (Fsp3) is 0.0588. The quantitative estimate of drug-likeness (QED) is 0.740. The maximum absolute atomic E-state index is 10.1. The van der Waals surface area contributed by atoms with Gasteiger partial charge < -0.3 is 10.4 Å². The Balaban J connectivity index is 2.28. The van der Waals surface area contributed by atoms with Crippen molar-refractivity contribution in [1.82, 2.24) is 5.32 Å². The van der Waals surface area contributed by atoms with E-state index in [9.17, 15) is 5.11 Å². The molecule has 0 saturated heterocycles. The monoisotopic (exact) mass is 247 g/mol. The highest BCUT2D eigenvalue weighted by Gasteiger charge is 2.16. The predicted octanol–water partition coefficient (Wildman–Crippen LogP) is 1.53. The molecule has 2 aliphatic rings. The van der Waals surface area contributed by atoms with Crippen molar-refractivity contribution >= 4 is 22.5 Å². The second-order valence-electron chi connectivity index (χ2n) is 4.89. The van der Waals surface area contributed by atoms with Crippen molar-refractivity contribution in [2.24, 2.45) is 0 Å². The van der Waals surface area contributed by atoms with E-state index in [-0.39, 0.29) is 6.04 Å². The Bertz CT molecular complexity index is 859. The van der Waals surface area contributed by atoms with Crippen molar-refractivity contribution in [3.63, 3.8) is 0 Å². The summed E-state index contributed by atoms with van der Waals surface area (Å²) in [6, 6.07) is 10.1. The minimum Gasteiger partial charge on any atom is -0.507 e. The summed E-state index contributed by atoms with van der Waals surface area (Å²) in [5.41, 5.74) is 1.26. The molecule has 4 rings (SSSR count). The summed E-state index contributed by atoms with van der Waals surface area (Å²) in [5.74, 6) is 0.335. The van der Waals surface area contributed by atoms with Gasteiger partial charge in [0.15, 0.2) is 0 Å². The molecule has 92 valence electrons. The number of benzene rings is 2. The molecule has 1 unspecified atom stereocenters. The molecule has 2 nitrogen and oxygen atoms in total. The zero-order valence-corrected chi connectivity index (χ0v) is 10.3. The topological polar surface area (TPSA) is 32.3 Å². The second-order valence-corrected chi connectivity index (χ2v) is 4.89. The van der Waals surface area contributed by atoms with Gasteiger partial charge in [0.2, 0.25) is 0 Å². The third-order valence-electron chi connectivity index (χ3n) is 3.79. The van der Waals surface area contributed by atoms with Crippen molar-refractivity contribution in [3.8, 4) is 5.75 Å². The lowest BCUT2D eigenvalue weighted by Crippen LogP contribution is -2.42. The van der Waals surface area contributed by atoms with E-state index in [1.54, 1.807) is 0 Å². The van der Waals surface area contributed by atoms with Gasteiger partial charge >= 0.3 is 0 Å². The molecule has 0 bridgehead atoms. The van der Waals surface area contributed by atoms with Gasteiger partial charge in [-0.2, -0.15) is 0 Å². The van der Waals surface area contributed by atoms with Crippen LogP contribution in [0.5, 0.6) is 5.75 Å². The summed E-state index contributed by atoms with van der Waals surface area (Å²) >= 11 is 0. The van der Waals surface area contributed by atoms with Crippen molar-refractivity contribution in [2.45, 2.75) is 6.04 Å². The van der Waals surface area contributed by atoms with Crippen LogP contribution in [0, 0.1) is 0 Å². The molecule has 19 heavy (non-hydrogen) atoms. The van der Waals surface area contributed by atoms with Gasteiger partial charge in [0.1, 0.15) is 5.75 Å². The third-order valence-corrected chi connectivity index (χ3v) is 3.79. The lowest BCUT2D eigenvalue weighted by atomic mass is 9.93. The first kappa shape index (κ1) is 10.4. The van der Waals surface area contributed by atoms with Crippen molar-refractivity contribution in [3.05, 3.63) is 65.1 Å². The van der Waals surface area contributed by atoms with Gasteiger partial charge in [0.25, 0.3) is 0 Å². The number of phenolic OH excluding ortho intramolecular Hbond substituents is 1. The number of rotatable bonds is 0. The van der Waals surface area contributed by atoms with E-state index in [0.717, 1.165) is 16.0 Å². The first-order valence-electron chi connectivity index (χ1n) is 6.41. The lowest BCUT2D eigenvalue weighted by molar-refractivity contribution is 0.481. The Kier molecular flexibility index (Phi) is 2.06. The summed E-state index contributed by atoms with van der Waals surface area (Å²) < 4.78 is 0. The first-order valence-corrected chi connectivity index (χ1v) is 6.41. The van der Waals surface area contributed by atoms with E-state index < -0.39 is 0 Å². The molecular weight excluding hydrogens is 234 g/mol. The smallest absolute Gasteiger partial charge is 0.124 e. The minimum atomic E-state index is 0.227. The standard InChI is InChI=1S/C17H13NO/c19-16-9-11-10-18-15-8-4-3-7-14(15)17(11)13-6-2-1-5-12(13)16/h1-10,15,18-19H. The summed E-state index contributed by atoms with van der Waals surface area (Å²) in [7, 11) is 0. The van der Waals surface area contributed by atoms with E-state index in [4.69, 9.17) is 0 Å². The van der Waals surface area contributed by atoms with Crippen LogP contribution in [0.4, 0.5) is 0 Å². The van der Waals surface area contributed by atoms with Crippen LogP contribution in [0.2, 0.25) is 0 Å². The highest BCUT2D eigenvalue weighted by Crippen LogP contribution is 2.22. The number of nitrogens with one attached hydrogen (secondary N) is 1. The Morgan fingerprint density at radius 3 is 2.79 bits per heavy atom. The summed E-state index contributed by atoms with van der Waals surface area (Å²) in [6.45, 7) is 0. The van der Waals surface area contributed by atoms with Crippen LogP contribution in [-0.2, 0) is 0 Å². The molecule has 2 aromatic rings. The fourth-order valence-corrected chi connectivity index (χ4v) is 2.92. The van der Waals surface area contributed by atoms with Crippen LogP contribution in [0.3, 0.4) is 0 Å². The SMILES string of the molecule is Oc1cc2c(c3ccccc13)=C1C=CC=CC1NC=2. The maximum atomic E-state index is 10.1. The number of hydrogen-bond donors (Lipinski definition) is 2. The van der Waals surface area contributed by atoms with Crippen molar-refractivity contribution in [2.75, 3.05) is 0 Å². The van der Waals surface area contributed by atoms with Crippen LogP contribution >= 0.6 is 0 Å². The summed E-state index contributed by atoms with van der Waals surface area (Å²) in [6.07, 6.45) is 10.4. The normalized spacial score (nSPS) is 19.6. The van der Waals surface area contributed by atoms with Gasteiger partial charge in [-0.3, -0.25) is 0 Å². The Labute approximate surface area is 110 Å². The van der Waals surface area contributed by atoms with E-state index in [1.165, 1.54) is 10.8 Å². The highest BCUT2D eigenvalue weighted by atomic mass is 16.3. The first-order chi connectivity index (χ1) is 9.34. The second kappa shape index (κ2) is 3.75. The summed E-state index contributed by atoms with van der Waals surface area (Å²) in [4.78, 5) is 0. The average molecular weight is 247 g/mol. The Morgan fingerprint density at radius 1 is 1.05 bits per heavy atom. The predicted molar refractivity (Wildman–Crippen MR) is 77.9 cm³/mol. The molecule has 0 saturated carbocycles. The molecule has 2 aromatic carbocycles.